The number of hydrogen-bond donors (Lipinski definition) is 0. The van der Waals surface area contributed by atoms with Gasteiger partial charge in [-0.2, -0.15) is 0 Å². The molecule has 0 aliphatic heterocycles. The molecule has 1 aliphatic carbocycles. The van der Waals surface area contributed by atoms with Crippen LogP contribution in [0.15, 0.2) is 5.38 Å². The Morgan fingerprint density at radius 2 is 2.10 bits per heavy atom. The van der Waals surface area contributed by atoms with Crippen LogP contribution in [0, 0.1) is 5.92 Å². The van der Waals surface area contributed by atoms with Gasteiger partial charge in [0.25, 0.3) is 0 Å². The van der Waals surface area contributed by atoms with Gasteiger partial charge >= 0.3 is 0 Å². The molecule has 1 saturated carbocycles. The van der Waals surface area contributed by atoms with Crippen LogP contribution in [0.5, 0.6) is 0 Å². The third kappa shape index (κ3) is 4.53. The van der Waals surface area contributed by atoms with Crippen molar-refractivity contribution in [2.75, 3.05) is 12.9 Å². The number of nitrogens with zero attached hydrogens (tertiary/aromatic N) is 1. The van der Waals surface area contributed by atoms with E-state index in [1.165, 1.54) is 30.6 Å². The van der Waals surface area contributed by atoms with Gasteiger partial charge in [0.1, 0.15) is 11.1 Å². The summed E-state index contributed by atoms with van der Waals surface area (Å²) in [4.78, 5) is 4.37. The lowest BCUT2D eigenvalue weighted by atomic mass is 9.91. The summed E-state index contributed by atoms with van der Waals surface area (Å²) in [5, 5.41) is 2.68. The summed E-state index contributed by atoms with van der Waals surface area (Å²) in [5.41, 5.74) is 0.657. The number of hydrogen-bond acceptors (Lipinski definition) is 5. The highest BCUT2D eigenvalue weighted by Crippen LogP contribution is 2.26. The summed E-state index contributed by atoms with van der Waals surface area (Å²) in [5.74, 6) is 0.737. The molecule has 0 unspecified atom stereocenters. The Balaban J connectivity index is 1.95. The summed E-state index contributed by atoms with van der Waals surface area (Å²) < 4.78 is 29.7. The van der Waals surface area contributed by atoms with Crippen LogP contribution in [-0.2, 0) is 20.3 Å². The molecule has 1 heterocycles. The summed E-state index contributed by atoms with van der Waals surface area (Å²) in [6.45, 7) is 1.92. The first kappa shape index (κ1) is 15.9. The molecule has 0 saturated heterocycles. The standard InChI is InChI=1S/C14H23NO3S2/c1-11(18-2)14-15-13(8-19-14)10-20(16,17)9-12-6-4-3-5-7-12/h8,11-12H,3-7,9-10H2,1-2H3/t11-/m0/s1. The van der Waals surface area contributed by atoms with E-state index in [1.54, 1.807) is 7.11 Å². The minimum atomic E-state index is -3.05. The van der Waals surface area contributed by atoms with Gasteiger partial charge in [0.05, 0.1) is 17.2 Å². The molecule has 0 amide bonds. The molecule has 114 valence electrons. The lowest BCUT2D eigenvalue weighted by molar-refractivity contribution is 0.119. The predicted molar refractivity (Wildman–Crippen MR) is 81.6 cm³/mol. The molecule has 20 heavy (non-hydrogen) atoms. The molecule has 0 spiro atoms. The molecular weight excluding hydrogens is 294 g/mol. The molecular formula is C14H23NO3S2. The van der Waals surface area contributed by atoms with E-state index in [2.05, 4.69) is 4.98 Å². The first-order chi connectivity index (χ1) is 9.50. The maximum atomic E-state index is 12.3. The molecule has 6 heteroatoms. The Morgan fingerprint density at radius 3 is 2.75 bits per heavy atom. The van der Waals surface area contributed by atoms with Crippen molar-refractivity contribution in [1.82, 2.24) is 4.98 Å². The Morgan fingerprint density at radius 1 is 1.40 bits per heavy atom. The monoisotopic (exact) mass is 317 g/mol. The molecule has 2 rings (SSSR count). The maximum absolute atomic E-state index is 12.3. The van der Waals surface area contributed by atoms with Crippen molar-refractivity contribution >= 4 is 21.2 Å². The smallest absolute Gasteiger partial charge is 0.156 e. The van der Waals surface area contributed by atoms with Crippen molar-refractivity contribution in [3.05, 3.63) is 16.1 Å². The zero-order chi connectivity index (χ0) is 14.6. The lowest BCUT2D eigenvalue weighted by Crippen LogP contribution is -2.20. The SMILES string of the molecule is CO[C@@H](C)c1nc(CS(=O)(=O)CC2CCCCC2)cs1. The van der Waals surface area contributed by atoms with E-state index in [9.17, 15) is 8.42 Å². The highest BCUT2D eigenvalue weighted by atomic mass is 32.2. The van der Waals surface area contributed by atoms with Crippen LogP contribution in [-0.4, -0.2) is 26.3 Å². The molecule has 1 aromatic heterocycles. The van der Waals surface area contributed by atoms with Crippen molar-refractivity contribution in [3.8, 4) is 0 Å². The molecule has 1 atom stereocenters. The molecule has 1 aliphatic rings. The third-order valence-corrected chi connectivity index (χ3v) is 6.62. The van der Waals surface area contributed by atoms with Crippen molar-refractivity contribution in [3.63, 3.8) is 0 Å². The number of rotatable bonds is 6. The molecule has 1 fully saturated rings. The minimum absolute atomic E-state index is 0.0659. The summed E-state index contributed by atoms with van der Waals surface area (Å²) in [7, 11) is -1.42. The van der Waals surface area contributed by atoms with Crippen molar-refractivity contribution < 1.29 is 13.2 Å². The quantitative estimate of drug-likeness (QED) is 0.807. The van der Waals surface area contributed by atoms with Gasteiger partial charge in [-0.1, -0.05) is 19.3 Å². The van der Waals surface area contributed by atoms with Gasteiger partial charge in [0.2, 0.25) is 0 Å². The molecule has 0 N–H and O–H groups in total. The van der Waals surface area contributed by atoms with Gasteiger partial charge in [0, 0.05) is 12.5 Å². The van der Waals surface area contributed by atoms with Gasteiger partial charge in [-0.05, 0) is 25.7 Å². The van der Waals surface area contributed by atoms with Crippen molar-refractivity contribution in [2.24, 2.45) is 5.92 Å². The zero-order valence-electron chi connectivity index (χ0n) is 12.2. The molecule has 0 aromatic carbocycles. The number of ether oxygens (including phenoxy) is 1. The number of methoxy groups -OCH3 is 1. The maximum Gasteiger partial charge on any atom is 0.156 e. The van der Waals surface area contributed by atoms with Gasteiger partial charge < -0.3 is 4.74 Å². The van der Waals surface area contributed by atoms with E-state index in [1.807, 2.05) is 12.3 Å². The fourth-order valence-electron chi connectivity index (χ4n) is 2.67. The average Bonchev–Trinajstić information content (AvgIpc) is 2.86. The van der Waals surface area contributed by atoms with Crippen LogP contribution in [0.1, 0.15) is 55.8 Å². The van der Waals surface area contributed by atoms with Gasteiger partial charge in [-0.15, -0.1) is 11.3 Å². The van der Waals surface area contributed by atoms with E-state index in [0.29, 0.717) is 17.4 Å². The lowest BCUT2D eigenvalue weighted by Gasteiger charge is -2.20. The number of thiazole rings is 1. The normalized spacial score (nSPS) is 19.1. The van der Waals surface area contributed by atoms with Gasteiger partial charge in [-0.25, -0.2) is 13.4 Å². The van der Waals surface area contributed by atoms with Crippen LogP contribution < -0.4 is 0 Å². The Labute approximate surface area is 125 Å². The van der Waals surface area contributed by atoms with E-state index < -0.39 is 9.84 Å². The Hall–Kier alpha value is -0.460. The molecule has 0 bridgehead atoms. The van der Waals surface area contributed by atoms with Crippen LogP contribution in [0.3, 0.4) is 0 Å². The van der Waals surface area contributed by atoms with Crippen LogP contribution in [0.4, 0.5) is 0 Å². The van der Waals surface area contributed by atoms with Crippen LogP contribution in [0.25, 0.3) is 0 Å². The predicted octanol–water partition coefficient (Wildman–Crippen LogP) is 3.35. The highest BCUT2D eigenvalue weighted by Gasteiger charge is 2.23. The average molecular weight is 317 g/mol. The van der Waals surface area contributed by atoms with E-state index in [4.69, 9.17) is 4.74 Å². The number of aromatic nitrogens is 1. The second kappa shape index (κ2) is 7.00. The van der Waals surface area contributed by atoms with E-state index >= 15 is 0 Å². The Kier molecular flexibility index (Phi) is 5.57. The van der Waals surface area contributed by atoms with Crippen LogP contribution in [0.2, 0.25) is 0 Å². The van der Waals surface area contributed by atoms with Gasteiger partial charge in [0.15, 0.2) is 9.84 Å². The van der Waals surface area contributed by atoms with Crippen molar-refractivity contribution in [2.45, 2.75) is 50.9 Å². The topological polar surface area (TPSA) is 56.3 Å². The second-order valence-corrected chi connectivity index (χ2v) is 8.61. The Bertz CT molecular complexity index is 518. The van der Waals surface area contributed by atoms with Crippen molar-refractivity contribution in [1.29, 1.82) is 0 Å². The fraction of sp³-hybridized carbons (Fsp3) is 0.786. The molecule has 1 aromatic rings. The summed E-state index contributed by atoms with van der Waals surface area (Å²) in [6.07, 6.45) is 5.64. The second-order valence-electron chi connectivity index (χ2n) is 5.61. The fourth-order valence-corrected chi connectivity index (χ4v) is 5.40. The minimum Gasteiger partial charge on any atom is -0.375 e. The zero-order valence-corrected chi connectivity index (χ0v) is 13.8. The first-order valence-corrected chi connectivity index (χ1v) is 9.88. The van der Waals surface area contributed by atoms with E-state index in [-0.39, 0.29) is 11.9 Å². The summed E-state index contributed by atoms with van der Waals surface area (Å²) >= 11 is 1.47. The highest BCUT2D eigenvalue weighted by molar-refractivity contribution is 7.90. The molecule has 4 nitrogen and oxygen atoms in total. The van der Waals surface area contributed by atoms with E-state index in [0.717, 1.165) is 17.8 Å². The van der Waals surface area contributed by atoms with Crippen LogP contribution >= 0.6 is 11.3 Å². The molecule has 0 radical (unpaired) electrons. The van der Waals surface area contributed by atoms with Gasteiger partial charge in [-0.3, -0.25) is 0 Å². The summed E-state index contributed by atoms with van der Waals surface area (Å²) in [6, 6.07) is 0. The number of sulfone groups is 1. The third-order valence-electron chi connectivity index (χ3n) is 3.85. The largest absolute Gasteiger partial charge is 0.375 e. The first-order valence-electron chi connectivity index (χ1n) is 7.17.